The maximum Gasteiger partial charge on any atom is 0.408 e. The molecule has 2 N–H and O–H groups in total. The summed E-state index contributed by atoms with van der Waals surface area (Å²) in [4.78, 5) is 25.5. The minimum Gasteiger partial charge on any atom is -0.444 e. The maximum atomic E-state index is 13.0. The Balaban J connectivity index is 1.57. The van der Waals surface area contributed by atoms with Gasteiger partial charge in [0.1, 0.15) is 5.60 Å². The largest absolute Gasteiger partial charge is 0.444 e. The van der Waals surface area contributed by atoms with Gasteiger partial charge >= 0.3 is 6.09 Å². The highest BCUT2D eigenvalue weighted by atomic mass is 32.1. The molecule has 2 atom stereocenters. The van der Waals surface area contributed by atoms with Gasteiger partial charge in [0.05, 0.1) is 16.8 Å². The highest BCUT2D eigenvalue weighted by molar-refractivity contribution is 7.13. The zero-order valence-corrected chi connectivity index (χ0v) is 17.4. The van der Waals surface area contributed by atoms with Crippen molar-refractivity contribution in [2.45, 2.75) is 44.9 Å². The molecule has 1 aromatic heterocycles. The molecule has 0 spiro atoms. The average Bonchev–Trinajstić information content (AvgIpc) is 3.25. The molecule has 150 valence electrons. The second-order valence-corrected chi connectivity index (χ2v) is 8.98. The third-order valence-electron chi connectivity index (χ3n) is 4.86. The van der Waals surface area contributed by atoms with Gasteiger partial charge in [-0.05, 0) is 62.0 Å². The van der Waals surface area contributed by atoms with Crippen molar-refractivity contribution in [3.05, 3.63) is 65.4 Å². The number of nitrogens with zero attached hydrogens (tertiary/aromatic N) is 1. The molecule has 3 aromatic rings. The van der Waals surface area contributed by atoms with Crippen LogP contribution in [0.2, 0.25) is 0 Å². The molecule has 4 rings (SSSR count). The standard InChI is InChI=1S/C22H23N3O3S/c1-22(2,3)28-21(27)25-19-14-8-5-4-7-13(14)11-17(19)24-20(26)15-9-6-10-18-16(15)12-23-29-18/h4-10,12,17,19H,11H2,1-3H3,(H,24,26)(H,25,27). The highest BCUT2D eigenvalue weighted by Crippen LogP contribution is 2.32. The third-order valence-corrected chi connectivity index (χ3v) is 5.63. The molecule has 0 aliphatic heterocycles. The van der Waals surface area contributed by atoms with Crippen LogP contribution in [0.15, 0.2) is 48.7 Å². The first-order valence-corrected chi connectivity index (χ1v) is 10.3. The number of nitrogens with one attached hydrogen (secondary N) is 2. The Kier molecular flexibility index (Phi) is 5.00. The zero-order chi connectivity index (χ0) is 20.6. The lowest BCUT2D eigenvalue weighted by molar-refractivity contribution is 0.0491. The summed E-state index contributed by atoms with van der Waals surface area (Å²) in [5, 5.41) is 6.89. The van der Waals surface area contributed by atoms with Gasteiger partial charge in [-0.15, -0.1) is 0 Å². The molecule has 2 amide bonds. The Labute approximate surface area is 173 Å². The number of benzene rings is 2. The average molecular weight is 410 g/mol. The number of fused-ring (bicyclic) bond motifs is 2. The van der Waals surface area contributed by atoms with Crippen LogP contribution < -0.4 is 10.6 Å². The number of hydrogen-bond acceptors (Lipinski definition) is 5. The quantitative estimate of drug-likeness (QED) is 0.679. The molecular weight excluding hydrogens is 386 g/mol. The number of carbonyl (C=O) groups is 2. The second-order valence-electron chi connectivity index (χ2n) is 8.15. The van der Waals surface area contributed by atoms with E-state index in [1.165, 1.54) is 11.5 Å². The van der Waals surface area contributed by atoms with E-state index in [1.54, 1.807) is 12.3 Å². The first-order chi connectivity index (χ1) is 13.8. The van der Waals surface area contributed by atoms with Crippen molar-refractivity contribution >= 4 is 33.6 Å². The second kappa shape index (κ2) is 7.48. The van der Waals surface area contributed by atoms with Gasteiger partial charge in [0.2, 0.25) is 0 Å². The third kappa shape index (κ3) is 4.10. The molecular formula is C22H23N3O3S. The molecule has 6 nitrogen and oxygen atoms in total. The molecule has 0 radical (unpaired) electrons. The molecule has 2 aromatic carbocycles. The maximum absolute atomic E-state index is 13.0. The van der Waals surface area contributed by atoms with Crippen LogP contribution in [0, 0.1) is 0 Å². The fourth-order valence-electron chi connectivity index (χ4n) is 3.68. The van der Waals surface area contributed by atoms with E-state index in [0.29, 0.717) is 12.0 Å². The summed E-state index contributed by atoms with van der Waals surface area (Å²) in [6.07, 6.45) is 1.86. The number of aromatic nitrogens is 1. The minimum atomic E-state index is -0.595. The van der Waals surface area contributed by atoms with Crippen LogP contribution in [-0.4, -0.2) is 28.0 Å². The van der Waals surface area contributed by atoms with E-state index in [1.807, 2.05) is 57.2 Å². The summed E-state index contributed by atoms with van der Waals surface area (Å²) in [6, 6.07) is 12.9. The van der Waals surface area contributed by atoms with Crippen molar-refractivity contribution in [1.29, 1.82) is 0 Å². The van der Waals surface area contributed by atoms with Gasteiger partial charge < -0.3 is 15.4 Å². The predicted molar refractivity (Wildman–Crippen MR) is 113 cm³/mol. The van der Waals surface area contributed by atoms with Crippen LogP contribution in [0.4, 0.5) is 4.79 Å². The zero-order valence-electron chi connectivity index (χ0n) is 16.6. The Morgan fingerprint density at radius 1 is 1.10 bits per heavy atom. The molecule has 1 aliphatic carbocycles. The summed E-state index contributed by atoms with van der Waals surface area (Å²) >= 11 is 1.36. The van der Waals surface area contributed by atoms with Crippen molar-refractivity contribution in [3.63, 3.8) is 0 Å². The minimum absolute atomic E-state index is 0.176. The van der Waals surface area contributed by atoms with Crippen LogP contribution in [0.25, 0.3) is 10.1 Å². The summed E-state index contributed by atoms with van der Waals surface area (Å²) in [7, 11) is 0. The van der Waals surface area contributed by atoms with Crippen molar-refractivity contribution in [1.82, 2.24) is 15.0 Å². The Morgan fingerprint density at radius 2 is 1.90 bits per heavy atom. The number of ether oxygens (including phenoxy) is 1. The number of alkyl carbamates (subject to hydrolysis) is 1. The fraction of sp³-hybridized carbons (Fsp3) is 0.318. The van der Waals surface area contributed by atoms with Crippen LogP contribution in [0.3, 0.4) is 0 Å². The van der Waals surface area contributed by atoms with Gasteiger partial charge in [-0.1, -0.05) is 30.3 Å². The van der Waals surface area contributed by atoms with Crippen LogP contribution in [-0.2, 0) is 11.2 Å². The van der Waals surface area contributed by atoms with Gasteiger partial charge in [0.25, 0.3) is 5.91 Å². The normalized spacial score (nSPS) is 18.3. The van der Waals surface area contributed by atoms with Gasteiger partial charge in [0.15, 0.2) is 0 Å². The summed E-state index contributed by atoms with van der Waals surface area (Å²) in [5.41, 5.74) is 2.10. The molecule has 2 unspecified atom stereocenters. The van der Waals surface area contributed by atoms with Gasteiger partial charge in [-0.25, -0.2) is 4.79 Å². The Hall–Kier alpha value is -2.93. The van der Waals surface area contributed by atoms with Gasteiger partial charge in [-0.2, -0.15) is 4.37 Å². The number of hydrogen-bond donors (Lipinski definition) is 2. The van der Waals surface area contributed by atoms with E-state index in [0.717, 1.165) is 21.2 Å². The lowest BCUT2D eigenvalue weighted by Gasteiger charge is -2.26. The fourth-order valence-corrected chi connectivity index (χ4v) is 4.35. The van der Waals surface area contributed by atoms with Crippen molar-refractivity contribution in [3.8, 4) is 0 Å². The molecule has 7 heteroatoms. The van der Waals surface area contributed by atoms with Crippen molar-refractivity contribution in [2.24, 2.45) is 0 Å². The van der Waals surface area contributed by atoms with Crippen molar-refractivity contribution in [2.75, 3.05) is 0 Å². The van der Waals surface area contributed by atoms with Crippen LogP contribution in [0.5, 0.6) is 0 Å². The molecule has 0 bridgehead atoms. The summed E-state index contributed by atoms with van der Waals surface area (Å²) in [6.45, 7) is 5.47. The van der Waals surface area contributed by atoms with Crippen LogP contribution in [0.1, 0.15) is 48.3 Å². The van der Waals surface area contributed by atoms with Crippen LogP contribution >= 0.6 is 11.5 Å². The molecule has 0 saturated carbocycles. The van der Waals surface area contributed by atoms with Gasteiger partial charge in [-0.3, -0.25) is 4.79 Å². The van der Waals surface area contributed by atoms with E-state index in [4.69, 9.17) is 4.74 Å². The SMILES string of the molecule is CC(C)(C)OC(=O)NC1c2ccccc2CC1NC(=O)c1cccc2sncc12. The lowest BCUT2D eigenvalue weighted by atomic mass is 10.1. The smallest absolute Gasteiger partial charge is 0.408 e. The van der Waals surface area contributed by atoms with Crippen molar-refractivity contribution < 1.29 is 14.3 Å². The number of carbonyl (C=O) groups excluding carboxylic acids is 2. The number of rotatable bonds is 3. The van der Waals surface area contributed by atoms with E-state index in [2.05, 4.69) is 15.0 Å². The van der Waals surface area contributed by atoms with E-state index in [9.17, 15) is 9.59 Å². The highest BCUT2D eigenvalue weighted by Gasteiger charge is 2.35. The van der Waals surface area contributed by atoms with E-state index in [-0.39, 0.29) is 18.0 Å². The monoisotopic (exact) mass is 409 g/mol. The first-order valence-electron chi connectivity index (χ1n) is 9.53. The molecule has 0 saturated heterocycles. The summed E-state index contributed by atoms with van der Waals surface area (Å²) in [5.74, 6) is -0.176. The lowest BCUT2D eigenvalue weighted by Crippen LogP contribution is -2.45. The molecule has 1 heterocycles. The Morgan fingerprint density at radius 3 is 2.69 bits per heavy atom. The Bertz CT molecular complexity index is 1070. The molecule has 0 fully saturated rings. The number of amides is 2. The molecule has 1 aliphatic rings. The van der Waals surface area contributed by atoms with E-state index >= 15 is 0 Å². The van der Waals surface area contributed by atoms with Gasteiger partial charge in [0, 0.05) is 17.1 Å². The topological polar surface area (TPSA) is 80.3 Å². The summed E-state index contributed by atoms with van der Waals surface area (Å²) < 4.78 is 10.6. The van der Waals surface area contributed by atoms with E-state index < -0.39 is 11.7 Å². The predicted octanol–water partition coefficient (Wildman–Crippen LogP) is 4.22. The first kappa shape index (κ1) is 19.4. The molecule has 29 heavy (non-hydrogen) atoms.